The van der Waals surface area contributed by atoms with Gasteiger partial charge in [0.25, 0.3) is 0 Å². The monoisotopic (exact) mass is 254 g/mol. The highest BCUT2D eigenvalue weighted by molar-refractivity contribution is 4.86. The van der Waals surface area contributed by atoms with Crippen molar-refractivity contribution in [2.75, 3.05) is 13.1 Å². The van der Waals surface area contributed by atoms with E-state index in [1.807, 2.05) is 0 Å². The highest BCUT2D eigenvalue weighted by atomic mass is 15.0. The van der Waals surface area contributed by atoms with Gasteiger partial charge in [-0.15, -0.1) is 0 Å². The molecular weight excluding hydrogens is 224 g/mol. The molecule has 4 nitrogen and oxygen atoms in total. The predicted molar refractivity (Wildman–Crippen MR) is 76.5 cm³/mol. The van der Waals surface area contributed by atoms with Crippen LogP contribution in [0.5, 0.6) is 0 Å². The van der Waals surface area contributed by atoms with E-state index in [1.54, 1.807) is 0 Å². The molecule has 0 aromatic carbocycles. The lowest BCUT2D eigenvalue weighted by molar-refractivity contribution is 0.306. The Kier molecular flexibility index (Phi) is 5.89. The van der Waals surface area contributed by atoms with Crippen LogP contribution in [0.2, 0.25) is 0 Å². The lowest BCUT2D eigenvalue weighted by Gasteiger charge is -2.31. The minimum absolute atomic E-state index is 0.357. The van der Waals surface area contributed by atoms with Crippen molar-refractivity contribution < 1.29 is 0 Å². The summed E-state index contributed by atoms with van der Waals surface area (Å²) in [7, 11) is 0. The first-order valence-electron chi connectivity index (χ1n) is 7.75. The lowest BCUT2D eigenvalue weighted by atomic mass is 9.90. The Bertz CT molecular complexity index is 210. The van der Waals surface area contributed by atoms with Gasteiger partial charge in [-0.05, 0) is 25.7 Å². The highest BCUT2D eigenvalue weighted by Gasteiger charge is 2.22. The predicted octanol–water partition coefficient (Wildman–Crippen LogP) is 0.705. The van der Waals surface area contributed by atoms with Crippen LogP contribution in [0.1, 0.15) is 51.4 Å². The van der Waals surface area contributed by atoms with Crippen molar-refractivity contribution in [3.63, 3.8) is 0 Å². The van der Waals surface area contributed by atoms with E-state index in [0.29, 0.717) is 24.2 Å². The van der Waals surface area contributed by atoms with Crippen molar-refractivity contribution in [1.82, 2.24) is 10.6 Å². The van der Waals surface area contributed by atoms with E-state index in [1.165, 1.54) is 51.4 Å². The van der Waals surface area contributed by atoms with Gasteiger partial charge in [0.05, 0.1) is 0 Å². The zero-order chi connectivity index (χ0) is 12.8. The molecule has 0 spiro atoms. The van der Waals surface area contributed by atoms with E-state index in [0.717, 1.165) is 13.1 Å². The van der Waals surface area contributed by atoms with E-state index in [-0.39, 0.29) is 0 Å². The molecule has 4 atom stereocenters. The summed E-state index contributed by atoms with van der Waals surface area (Å²) in [4.78, 5) is 0. The summed E-state index contributed by atoms with van der Waals surface area (Å²) in [5, 5.41) is 7.19. The molecule has 0 unspecified atom stereocenters. The molecule has 0 aromatic heterocycles. The van der Waals surface area contributed by atoms with Gasteiger partial charge in [0, 0.05) is 37.3 Å². The zero-order valence-electron chi connectivity index (χ0n) is 11.5. The smallest absolute Gasteiger partial charge is 0.0219 e. The average molecular weight is 254 g/mol. The van der Waals surface area contributed by atoms with Crippen LogP contribution >= 0.6 is 0 Å². The Hall–Kier alpha value is -0.160. The van der Waals surface area contributed by atoms with Crippen LogP contribution in [0, 0.1) is 0 Å². The molecule has 0 aromatic rings. The summed E-state index contributed by atoms with van der Waals surface area (Å²) in [6.07, 6.45) is 10.1. The first kappa shape index (κ1) is 14.3. The molecule has 6 N–H and O–H groups in total. The van der Waals surface area contributed by atoms with Crippen molar-refractivity contribution >= 4 is 0 Å². The molecular formula is C14H30N4. The fourth-order valence-electron chi connectivity index (χ4n) is 3.34. The number of hydrogen-bond donors (Lipinski definition) is 4. The van der Waals surface area contributed by atoms with Crippen LogP contribution in [-0.2, 0) is 0 Å². The highest BCUT2D eigenvalue weighted by Crippen LogP contribution is 2.17. The molecule has 2 fully saturated rings. The lowest BCUT2D eigenvalue weighted by Crippen LogP contribution is -2.51. The Labute approximate surface area is 111 Å². The summed E-state index contributed by atoms with van der Waals surface area (Å²) in [5.74, 6) is 0. The van der Waals surface area contributed by atoms with Crippen LogP contribution in [-0.4, -0.2) is 37.3 Å². The molecule has 2 aliphatic carbocycles. The third-order valence-electron chi connectivity index (χ3n) is 4.58. The number of nitrogens with two attached hydrogens (primary N) is 2. The maximum atomic E-state index is 6.12. The van der Waals surface area contributed by atoms with E-state index in [9.17, 15) is 0 Å². The summed E-state index contributed by atoms with van der Waals surface area (Å²) >= 11 is 0. The van der Waals surface area contributed by atoms with E-state index in [2.05, 4.69) is 10.6 Å². The van der Waals surface area contributed by atoms with E-state index < -0.39 is 0 Å². The van der Waals surface area contributed by atoms with Gasteiger partial charge in [-0.25, -0.2) is 0 Å². The third kappa shape index (κ3) is 4.19. The van der Waals surface area contributed by atoms with E-state index >= 15 is 0 Å². The quantitative estimate of drug-likeness (QED) is 0.545. The zero-order valence-corrected chi connectivity index (χ0v) is 11.5. The SMILES string of the molecule is N[C@@H]1CCCC[C@H]1NCCN[C@H]1CCCC[C@@H]1N. The summed E-state index contributed by atoms with van der Waals surface area (Å²) in [5.41, 5.74) is 12.2. The van der Waals surface area contributed by atoms with Gasteiger partial charge in [0.15, 0.2) is 0 Å². The van der Waals surface area contributed by atoms with Gasteiger partial charge >= 0.3 is 0 Å². The fourth-order valence-corrected chi connectivity index (χ4v) is 3.34. The van der Waals surface area contributed by atoms with Gasteiger partial charge < -0.3 is 22.1 Å². The van der Waals surface area contributed by atoms with Crippen molar-refractivity contribution in [3.05, 3.63) is 0 Å². The summed E-state index contributed by atoms with van der Waals surface area (Å²) in [6.45, 7) is 2.03. The van der Waals surface area contributed by atoms with Crippen LogP contribution in [0.3, 0.4) is 0 Å². The molecule has 4 heteroatoms. The molecule has 2 saturated carbocycles. The minimum Gasteiger partial charge on any atom is -0.326 e. The number of nitrogens with one attached hydrogen (secondary N) is 2. The Morgan fingerprint density at radius 1 is 0.667 bits per heavy atom. The second kappa shape index (κ2) is 7.43. The molecule has 18 heavy (non-hydrogen) atoms. The number of rotatable bonds is 5. The van der Waals surface area contributed by atoms with Crippen molar-refractivity contribution in [2.24, 2.45) is 11.5 Å². The second-order valence-electron chi connectivity index (χ2n) is 6.02. The molecule has 0 radical (unpaired) electrons. The normalized spacial score (nSPS) is 37.7. The van der Waals surface area contributed by atoms with Gasteiger partial charge in [0.1, 0.15) is 0 Å². The fraction of sp³-hybridized carbons (Fsp3) is 1.00. The average Bonchev–Trinajstić information content (AvgIpc) is 2.38. The molecule has 0 aliphatic heterocycles. The molecule has 106 valence electrons. The molecule has 0 amide bonds. The second-order valence-corrected chi connectivity index (χ2v) is 6.02. The van der Waals surface area contributed by atoms with Gasteiger partial charge in [0.2, 0.25) is 0 Å². The summed E-state index contributed by atoms with van der Waals surface area (Å²) < 4.78 is 0. The molecule has 0 heterocycles. The minimum atomic E-state index is 0.357. The van der Waals surface area contributed by atoms with Gasteiger partial charge in [-0.3, -0.25) is 0 Å². The van der Waals surface area contributed by atoms with Gasteiger partial charge in [-0.1, -0.05) is 25.7 Å². The van der Waals surface area contributed by atoms with Crippen molar-refractivity contribution in [1.29, 1.82) is 0 Å². The topological polar surface area (TPSA) is 76.1 Å². The van der Waals surface area contributed by atoms with Crippen LogP contribution in [0.25, 0.3) is 0 Å². The molecule has 0 bridgehead atoms. The van der Waals surface area contributed by atoms with Gasteiger partial charge in [-0.2, -0.15) is 0 Å². The largest absolute Gasteiger partial charge is 0.326 e. The van der Waals surface area contributed by atoms with Crippen molar-refractivity contribution in [2.45, 2.75) is 75.5 Å². The Morgan fingerprint density at radius 2 is 1.06 bits per heavy atom. The molecule has 0 saturated heterocycles. The van der Waals surface area contributed by atoms with Crippen LogP contribution in [0.4, 0.5) is 0 Å². The maximum absolute atomic E-state index is 6.12. The molecule has 2 rings (SSSR count). The standard InChI is InChI=1S/C14H30N4/c15-11-5-1-3-7-13(11)17-9-10-18-14-8-4-2-6-12(14)16/h11-14,17-18H,1-10,15-16H2/t11-,12+,13-,14+. The Morgan fingerprint density at radius 3 is 1.44 bits per heavy atom. The van der Waals surface area contributed by atoms with Crippen molar-refractivity contribution in [3.8, 4) is 0 Å². The van der Waals surface area contributed by atoms with Crippen LogP contribution in [0.15, 0.2) is 0 Å². The first-order chi connectivity index (χ1) is 8.77. The third-order valence-corrected chi connectivity index (χ3v) is 4.58. The maximum Gasteiger partial charge on any atom is 0.0219 e. The summed E-state index contributed by atoms with van der Waals surface area (Å²) in [6, 6.07) is 1.77. The first-order valence-corrected chi connectivity index (χ1v) is 7.75. The Balaban J connectivity index is 1.57. The molecule has 2 aliphatic rings. The number of hydrogen-bond acceptors (Lipinski definition) is 4. The van der Waals surface area contributed by atoms with Crippen LogP contribution < -0.4 is 22.1 Å². The van der Waals surface area contributed by atoms with E-state index in [4.69, 9.17) is 11.5 Å².